The predicted octanol–water partition coefficient (Wildman–Crippen LogP) is 1.20. The highest BCUT2D eigenvalue weighted by Crippen LogP contribution is 2.13. The summed E-state index contributed by atoms with van der Waals surface area (Å²) in [6.45, 7) is 5.12. The summed E-state index contributed by atoms with van der Waals surface area (Å²) in [5, 5.41) is 8.72. The first-order valence-electron chi connectivity index (χ1n) is 3.99. The molecule has 4 nitrogen and oxygen atoms in total. The molecule has 0 aliphatic carbocycles. The fourth-order valence-corrected chi connectivity index (χ4v) is 1.51. The first-order chi connectivity index (χ1) is 6.38. The summed E-state index contributed by atoms with van der Waals surface area (Å²) >= 11 is 1.62. The van der Waals surface area contributed by atoms with Crippen molar-refractivity contribution >= 4 is 11.8 Å². The molecule has 0 aliphatic heterocycles. The third-order valence-electron chi connectivity index (χ3n) is 1.45. The van der Waals surface area contributed by atoms with Gasteiger partial charge >= 0.3 is 0 Å². The Kier molecular flexibility index (Phi) is 4.56. The summed E-state index contributed by atoms with van der Waals surface area (Å²) in [4.78, 5) is 0. The normalized spacial score (nSPS) is 10.2. The molecular weight excluding hydrogens is 186 g/mol. The van der Waals surface area contributed by atoms with Crippen LogP contribution in [0.4, 0.5) is 0 Å². The molecule has 1 aromatic heterocycles. The van der Waals surface area contributed by atoms with Crippen molar-refractivity contribution in [3.63, 3.8) is 0 Å². The number of thioether (sulfide) groups is 1. The van der Waals surface area contributed by atoms with Crippen LogP contribution >= 0.6 is 11.8 Å². The van der Waals surface area contributed by atoms with E-state index in [1.807, 2.05) is 10.6 Å². The zero-order chi connectivity index (χ0) is 9.52. The molecule has 72 valence electrons. The molecule has 0 unspecified atom stereocenters. The fraction of sp³-hybridized carbons (Fsp3) is 0.500. The van der Waals surface area contributed by atoms with Gasteiger partial charge in [0.1, 0.15) is 6.33 Å². The van der Waals surface area contributed by atoms with Crippen LogP contribution in [0.25, 0.3) is 0 Å². The van der Waals surface area contributed by atoms with Gasteiger partial charge in [0.2, 0.25) is 0 Å². The smallest absolute Gasteiger partial charge is 0.191 e. The standard InChI is InChI=1S/C8H13N3OS/c1-3-6-13-8-10-9-7-11(8)4-5-12-2/h3,7H,1,4-6H2,2H3. The molecule has 0 amide bonds. The number of rotatable bonds is 6. The molecule has 0 bridgehead atoms. The highest BCUT2D eigenvalue weighted by atomic mass is 32.2. The lowest BCUT2D eigenvalue weighted by Gasteiger charge is -2.03. The summed E-state index contributed by atoms with van der Waals surface area (Å²) in [6.07, 6.45) is 3.56. The minimum absolute atomic E-state index is 0.680. The molecule has 0 saturated carbocycles. The third-order valence-corrected chi connectivity index (χ3v) is 2.42. The number of aromatic nitrogens is 3. The Morgan fingerprint density at radius 3 is 3.31 bits per heavy atom. The van der Waals surface area contributed by atoms with Crippen LogP contribution in [0.15, 0.2) is 24.1 Å². The Hall–Kier alpha value is -0.810. The second-order valence-electron chi connectivity index (χ2n) is 2.40. The van der Waals surface area contributed by atoms with E-state index in [1.54, 1.807) is 25.2 Å². The average molecular weight is 199 g/mol. The Labute approximate surface area is 82.0 Å². The first kappa shape index (κ1) is 10.3. The number of ether oxygens (including phenoxy) is 1. The molecule has 1 aromatic rings. The Morgan fingerprint density at radius 1 is 1.77 bits per heavy atom. The van der Waals surface area contributed by atoms with E-state index in [0.29, 0.717) is 6.61 Å². The Bertz CT molecular complexity index is 262. The summed E-state index contributed by atoms with van der Waals surface area (Å²) in [6, 6.07) is 0. The number of nitrogens with zero attached hydrogens (tertiary/aromatic N) is 3. The average Bonchev–Trinajstić information content (AvgIpc) is 2.59. The van der Waals surface area contributed by atoms with Crippen LogP contribution in [0.3, 0.4) is 0 Å². The lowest BCUT2D eigenvalue weighted by molar-refractivity contribution is 0.184. The van der Waals surface area contributed by atoms with Crippen LogP contribution in [0, 0.1) is 0 Å². The maximum Gasteiger partial charge on any atom is 0.191 e. The van der Waals surface area contributed by atoms with Crippen molar-refractivity contribution in [2.24, 2.45) is 0 Å². The lowest BCUT2D eigenvalue weighted by Crippen LogP contribution is -2.04. The molecule has 0 atom stereocenters. The maximum atomic E-state index is 4.97. The highest BCUT2D eigenvalue weighted by Gasteiger charge is 2.02. The molecule has 0 N–H and O–H groups in total. The van der Waals surface area contributed by atoms with Gasteiger partial charge in [0.05, 0.1) is 6.61 Å². The van der Waals surface area contributed by atoms with Gasteiger partial charge in [0.25, 0.3) is 0 Å². The van der Waals surface area contributed by atoms with Crippen molar-refractivity contribution in [2.75, 3.05) is 19.5 Å². The van der Waals surface area contributed by atoms with Gasteiger partial charge < -0.3 is 9.30 Å². The lowest BCUT2D eigenvalue weighted by atomic mass is 10.7. The van der Waals surface area contributed by atoms with Gasteiger partial charge in [-0.15, -0.1) is 16.8 Å². The van der Waals surface area contributed by atoms with Gasteiger partial charge in [-0.2, -0.15) is 0 Å². The second kappa shape index (κ2) is 5.77. The summed E-state index contributed by atoms with van der Waals surface area (Å²) < 4.78 is 6.94. The zero-order valence-electron chi connectivity index (χ0n) is 7.64. The van der Waals surface area contributed by atoms with Crippen molar-refractivity contribution < 1.29 is 4.74 Å². The predicted molar refractivity (Wildman–Crippen MR) is 52.8 cm³/mol. The van der Waals surface area contributed by atoms with Gasteiger partial charge in [-0.05, 0) is 0 Å². The van der Waals surface area contributed by atoms with Crippen LogP contribution in [0.2, 0.25) is 0 Å². The second-order valence-corrected chi connectivity index (χ2v) is 3.39. The largest absolute Gasteiger partial charge is 0.383 e. The van der Waals surface area contributed by atoms with Gasteiger partial charge in [-0.1, -0.05) is 17.8 Å². The third kappa shape index (κ3) is 3.20. The van der Waals surface area contributed by atoms with Crippen molar-refractivity contribution in [3.8, 4) is 0 Å². The van der Waals surface area contributed by atoms with E-state index in [0.717, 1.165) is 17.5 Å². The van der Waals surface area contributed by atoms with Gasteiger partial charge in [0.15, 0.2) is 5.16 Å². The fourth-order valence-electron chi connectivity index (χ4n) is 0.833. The molecule has 0 spiro atoms. The van der Waals surface area contributed by atoms with E-state index in [2.05, 4.69) is 16.8 Å². The van der Waals surface area contributed by atoms with Crippen molar-refractivity contribution in [3.05, 3.63) is 19.0 Å². The molecule has 0 aromatic carbocycles. The molecular formula is C8H13N3OS. The highest BCUT2D eigenvalue weighted by molar-refractivity contribution is 7.99. The summed E-state index contributed by atoms with van der Waals surface area (Å²) in [7, 11) is 1.68. The van der Waals surface area contributed by atoms with E-state index >= 15 is 0 Å². The van der Waals surface area contributed by atoms with Crippen LogP contribution in [0.1, 0.15) is 0 Å². The van der Waals surface area contributed by atoms with Gasteiger partial charge in [-0.3, -0.25) is 0 Å². The summed E-state index contributed by atoms with van der Waals surface area (Å²) in [5.41, 5.74) is 0. The molecule has 0 radical (unpaired) electrons. The number of hydrogen-bond donors (Lipinski definition) is 0. The minimum Gasteiger partial charge on any atom is -0.383 e. The van der Waals surface area contributed by atoms with Crippen LogP contribution in [0.5, 0.6) is 0 Å². The molecule has 13 heavy (non-hydrogen) atoms. The summed E-state index contributed by atoms with van der Waals surface area (Å²) in [5.74, 6) is 0.853. The van der Waals surface area contributed by atoms with Crippen LogP contribution < -0.4 is 0 Å². The Morgan fingerprint density at radius 2 is 2.62 bits per heavy atom. The van der Waals surface area contributed by atoms with Crippen LogP contribution in [-0.4, -0.2) is 34.2 Å². The van der Waals surface area contributed by atoms with E-state index in [9.17, 15) is 0 Å². The van der Waals surface area contributed by atoms with Crippen molar-refractivity contribution in [1.29, 1.82) is 0 Å². The molecule has 0 aliphatic rings. The van der Waals surface area contributed by atoms with Crippen LogP contribution in [-0.2, 0) is 11.3 Å². The maximum absolute atomic E-state index is 4.97. The zero-order valence-corrected chi connectivity index (χ0v) is 8.46. The molecule has 0 saturated heterocycles. The molecule has 1 rings (SSSR count). The van der Waals surface area contributed by atoms with E-state index < -0.39 is 0 Å². The van der Waals surface area contributed by atoms with Crippen molar-refractivity contribution in [2.45, 2.75) is 11.7 Å². The van der Waals surface area contributed by atoms with E-state index in [1.165, 1.54) is 0 Å². The quantitative estimate of drug-likeness (QED) is 0.510. The van der Waals surface area contributed by atoms with E-state index in [4.69, 9.17) is 4.74 Å². The monoisotopic (exact) mass is 199 g/mol. The molecule has 1 heterocycles. The first-order valence-corrected chi connectivity index (χ1v) is 4.97. The molecule has 0 fully saturated rings. The minimum atomic E-state index is 0.680. The Balaban J connectivity index is 2.49. The van der Waals surface area contributed by atoms with Gasteiger partial charge in [-0.25, -0.2) is 0 Å². The topological polar surface area (TPSA) is 39.9 Å². The SMILES string of the molecule is C=CCSc1nncn1CCOC. The van der Waals surface area contributed by atoms with Crippen molar-refractivity contribution in [1.82, 2.24) is 14.8 Å². The number of hydrogen-bond acceptors (Lipinski definition) is 4. The van der Waals surface area contributed by atoms with E-state index in [-0.39, 0.29) is 0 Å². The molecule has 5 heteroatoms. The van der Waals surface area contributed by atoms with Gasteiger partial charge in [0, 0.05) is 19.4 Å². The number of methoxy groups -OCH3 is 1.